The van der Waals surface area contributed by atoms with E-state index in [2.05, 4.69) is 16.8 Å². The molecule has 0 atom stereocenters. The van der Waals surface area contributed by atoms with Crippen LogP contribution in [0.5, 0.6) is 0 Å². The van der Waals surface area contributed by atoms with Gasteiger partial charge in [-0.25, -0.2) is 11.1 Å². The summed E-state index contributed by atoms with van der Waals surface area (Å²) in [5.74, 6) is 0. The van der Waals surface area contributed by atoms with Gasteiger partial charge in [0, 0.05) is 13.1 Å². The smallest absolute Gasteiger partial charge is 0.0567 e. The second-order valence-electron chi connectivity index (χ2n) is 2.25. The average molecular weight is 167 g/mol. The van der Waals surface area contributed by atoms with Crippen molar-refractivity contribution in [3.8, 4) is 0 Å². The minimum atomic E-state index is -0.162. The van der Waals surface area contributed by atoms with Crippen molar-refractivity contribution in [1.82, 2.24) is 4.31 Å². The average Bonchev–Trinajstić information content (AvgIpc) is 1.87. The summed E-state index contributed by atoms with van der Waals surface area (Å²) < 4.78 is 2.09. The zero-order valence-electron chi connectivity index (χ0n) is 6.62. The van der Waals surface area contributed by atoms with Crippen LogP contribution in [0.1, 0.15) is 0 Å². The third kappa shape index (κ3) is 4.11. The lowest BCUT2D eigenvalue weighted by molar-refractivity contribution is 0.225. The molecule has 0 saturated heterocycles. The summed E-state index contributed by atoms with van der Waals surface area (Å²) in [4.78, 5) is 0. The fourth-order valence-electron chi connectivity index (χ4n) is 0.743. The first kappa shape index (κ1) is 10.2. The van der Waals surface area contributed by atoms with E-state index < -0.39 is 0 Å². The van der Waals surface area contributed by atoms with Crippen LogP contribution in [0, 0.1) is 0 Å². The van der Waals surface area contributed by atoms with Crippen molar-refractivity contribution < 1.29 is 10.2 Å². The van der Waals surface area contributed by atoms with Crippen molar-refractivity contribution in [1.29, 1.82) is 0 Å². The molecule has 0 spiro atoms. The molecule has 0 bridgehead atoms. The van der Waals surface area contributed by atoms with Crippen LogP contribution in [0.25, 0.3) is 0 Å². The van der Waals surface area contributed by atoms with E-state index in [9.17, 15) is 0 Å². The van der Waals surface area contributed by atoms with Gasteiger partial charge in [0.25, 0.3) is 0 Å². The van der Waals surface area contributed by atoms with Gasteiger partial charge in [-0.15, -0.1) is 0 Å². The lowest BCUT2D eigenvalue weighted by atomic mass is 10.6. The molecular weight excluding hydrogens is 150 g/mol. The standard InChI is InChI=1S/C6H17NO2S/c1-10(2)7(3-5-8)4-6-9/h8-10H,3-6H2,1-2H3. The van der Waals surface area contributed by atoms with Crippen molar-refractivity contribution in [3.63, 3.8) is 0 Å². The van der Waals surface area contributed by atoms with E-state index in [4.69, 9.17) is 10.2 Å². The second kappa shape index (κ2) is 5.97. The Bertz CT molecular complexity index is 74.1. The van der Waals surface area contributed by atoms with E-state index in [0.29, 0.717) is 13.1 Å². The summed E-state index contributed by atoms with van der Waals surface area (Å²) >= 11 is -0.162. The Hall–Kier alpha value is 0.230. The van der Waals surface area contributed by atoms with E-state index in [-0.39, 0.29) is 24.3 Å². The van der Waals surface area contributed by atoms with E-state index in [1.54, 1.807) is 0 Å². The number of thiol groups is 1. The molecule has 64 valence electrons. The van der Waals surface area contributed by atoms with Gasteiger partial charge in [0.15, 0.2) is 0 Å². The van der Waals surface area contributed by atoms with Crippen molar-refractivity contribution in [3.05, 3.63) is 0 Å². The minimum absolute atomic E-state index is 0.162. The van der Waals surface area contributed by atoms with E-state index >= 15 is 0 Å². The summed E-state index contributed by atoms with van der Waals surface area (Å²) in [6, 6.07) is 0. The maximum atomic E-state index is 8.60. The molecule has 4 heteroatoms. The van der Waals surface area contributed by atoms with Gasteiger partial charge in [-0.1, -0.05) is 0 Å². The number of aliphatic hydroxyl groups is 2. The molecular formula is C6H17NO2S. The molecule has 0 aliphatic carbocycles. The molecule has 0 saturated carbocycles. The van der Waals surface area contributed by atoms with Gasteiger partial charge in [0.1, 0.15) is 0 Å². The number of nitrogens with zero attached hydrogens (tertiary/aromatic N) is 1. The van der Waals surface area contributed by atoms with Crippen molar-refractivity contribution in [2.24, 2.45) is 0 Å². The molecule has 10 heavy (non-hydrogen) atoms. The molecule has 0 unspecified atom stereocenters. The van der Waals surface area contributed by atoms with Gasteiger partial charge < -0.3 is 10.2 Å². The Morgan fingerprint density at radius 3 is 1.70 bits per heavy atom. The topological polar surface area (TPSA) is 43.7 Å². The lowest BCUT2D eigenvalue weighted by Gasteiger charge is -2.27. The van der Waals surface area contributed by atoms with E-state index in [0.717, 1.165) is 0 Å². The number of rotatable bonds is 5. The highest BCUT2D eigenvalue weighted by Crippen LogP contribution is 2.19. The first-order chi connectivity index (χ1) is 4.72. The molecule has 0 heterocycles. The fraction of sp³-hybridized carbons (Fsp3) is 1.00. The summed E-state index contributed by atoms with van der Waals surface area (Å²) in [6.07, 6.45) is 4.22. The third-order valence-electron chi connectivity index (χ3n) is 1.28. The highest BCUT2D eigenvalue weighted by molar-refractivity contribution is 8.13. The summed E-state index contributed by atoms with van der Waals surface area (Å²) in [5.41, 5.74) is 0. The maximum Gasteiger partial charge on any atom is 0.0567 e. The molecule has 0 aliphatic rings. The third-order valence-corrected chi connectivity index (χ3v) is 2.81. The molecule has 0 fully saturated rings. The number of hydrogen-bond acceptors (Lipinski definition) is 3. The van der Waals surface area contributed by atoms with Crippen LogP contribution in [0.4, 0.5) is 0 Å². The van der Waals surface area contributed by atoms with Crippen molar-refractivity contribution in [2.45, 2.75) is 0 Å². The Labute approximate surface area is 65.1 Å². The summed E-state index contributed by atoms with van der Waals surface area (Å²) in [6.45, 7) is 1.72. The summed E-state index contributed by atoms with van der Waals surface area (Å²) in [7, 11) is 0. The van der Waals surface area contributed by atoms with Gasteiger partial charge in [0.05, 0.1) is 13.2 Å². The molecule has 2 N–H and O–H groups in total. The van der Waals surface area contributed by atoms with Crippen molar-refractivity contribution >= 4 is 11.1 Å². The Morgan fingerprint density at radius 1 is 1.10 bits per heavy atom. The molecule has 3 nitrogen and oxygen atoms in total. The van der Waals surface area contributed by atoms with Crippen LogP contribution >= 0.6 is 11.1 Å². The molecule has 0 aromatic carbocycles. The first-order valence-electron chi connectivity index (χ1n) is 3.36. The molecule has 0 aromatic heterocycles. The molecule has 0 radical (unpaired) electrons. The Morgan fingerprint density at radius 2 is 1.50 bits per heavy atom. The normalized spacial score (nSPS) is 12.3. The molecule has 0 amide bonds. The van der Waals surface area contributed by atoms with Crippen LogP contribution in [-0.2, 0) is 0 Å². The van der Waals surface area contributed by atoms with Crippen LogP contribution < -0.4 is 0 Å². The predicted molar refractivity (Wildman–Crippen MR) is 46.6 cm³/mol. The second-order valence-corrected chi connectivity index (χ2v) is 4.51. The van der Waals surface area contributed by atoms with Gasteiger partial charge in [-0.2, -0.15) is 0 Å². The quantitative estimate of drug-likeness (QED) is 0.481. The van der Waals surface area contributed by atoms with Crippen LogP contribution in [0.3, 0.4) is 0 Å². The van der Waals surface area contributed by atoms with Crippen LogP contribution in [0.15, 0.2) is 0 Å². The van der Waals surface area contributed by atoms with Gasteiger partial charge in [-0.05, 0) is 12.5 Å². The Kier molecular flexibility index (Phi) is 6.11. The van der Waals surface area contributed by atoms with E-state index in [1.807, 2.05) is 0 Å². The SMILES string of the molecule is C[SH](C)N(CCO)CCO. The van der Waals surface area contributed by atoms with Crippen LogP contribution in [-0.4, -0.2) is 53.3 Å². The Balaban J connectivity index is 3.50. The molecule has 0 rings (SSSR count). The molecule has 0 aliphatic heterocycles. The van der Waals surface area contributed by atoms with Crippen LogP contribution in [0.2, 0.25) is 0 Å². The van der Waals surface area contributed by atoms with Crippen molar-refractivity contribution in [2.75, 3.05) is 38.8 Å². The highest BCUT2D eigenvalue weighted by atomic mass is 32.2. The first-order valence-corrected chi connectivity index (χ1v) is 5.55. The number of aliphatic hydroxyl groups excluding tert-OH is 2. The monoisotopic (exact) mass is 167 g/mol. The van der Waals surface area contributed by atoms with Gasteiger partial charge in [0.2, 0.25) is 0 Å². The van der Waals surface area contributed by atoms with Gasteiger partial charge in [-0.3, -0.25) is 4.31 Å². The lowest BCUT2D eigenvalue weighted by Crippen LogP contribution is -2.26. The zero-order valence-corrected chi connectivity index (χ0v) is 7.51. The predicted octanol–water partition coefficient (Wildman–Crippen LogP) is -0.551. The highest BCUT2D eigenvalue weighted by Gasteiger charge is 2.03. The van der Waals surface area contributed by atoms with E-state index in [1.165, 1.54) is 0 Å². The minimum Gasteiger partial charge on any atom is -0.395 e. The molecule has 0 aromatic rings. The zero-order chi connectivity index (χ0) is 7.98. The fourth-order valence-corrected chi connectivity index (χ4v) is 1.72. The summed E-state index contributed by atoms with van der Waals surface area (Å²) in [5, 5.41) is 17.2. The number of hydrogen-bond donors (Lipinski definition) is 3. The maximum absolute atomic E-state index is 8.60. The van der Waals surface area contributed by atoms with Gasteiger partial charge >= 0.3 is 0 Å². The largest absolute Gasteiger partial charge is 0.395 e.